The number of rotatable bonds is 3. The average Bonchev–Trinajstić information content (AvgIpc) is 2.06. The van der Waals surface area contributed by atoms with Crippen molar-refractivity contribution in [2.24, 2.45) is 0 Å². The van der Waals surface area contributed by atoms with Gasteiger partial charge < -0.3 is 4.74 Å². The lowest BCUT2D eigenvalue weighted by atomic mass is 10.3. The molecule has 2 heteroatoms. The van der Waals surface area contributed by atoms with Crippen LogP contribution < -0.4 is 4.74 Å². The van der Waals surface area contributed by atoms with E-state index < -0.39 is 0 Å². The standard InChI is InChI=1S/C9H11NO/c1-3-8-5-6-10-9(7-8)11-4-2/h3,5-7H,1,4H2,2H3. The van der Waals surface area contributed by atoms with Crippen molar-refractivity contribution in [1.29, 1.82) is 0 Å². The molecule has 0 radical (unpaired) electrons. The van der Waals surface area contributed by atoms with Gasteiger partial charge in [0.05, 0.1) is 6.61 Å². The number of pyridine rings is 1. The van der Waals surface area contributed by atoms with Crippen molar-refractivity contribution in [1.82, 2.24) is 4.98 Å². The third-order valence-corrected chi connectivity index (χ3v) is 1.29. The van der Waals surface area contributed by atoms with Crippen LogP contribution in [0.4, 0.5) is 0 Å². The van der Waals surface area contributed by atoms with E-state index in [2.05, 4.69) is 11.6 Å². The quantitative estimate of drug-likeness (QED) is 0.656. The molecule has 1 rings (SSSR count). The Kier molecular flexibility index (Phi) is 2.66. The molecule has 0 aliphatic carbocycles. The minimum Gasteiger partial charge on any atom is -0.478 e. The maximum Gasteiger partial charge on any atom is 0.213 e. The van der Waals surface area contributed by atoms with Crippen LogP contribution in [0.2, 0.25) is 0 Å². The fraction of sp³-hybridized carbons (Fsp3) is 0.222. The van der Waals surface area contributed by atoms with Crippen LogP contribution in [0, 0.1) is 0 Å². The number of hydrogen-bond acceptors (Lipinski definition) is 2. The first-order valence-electron chi connectivity index (χ1n) is 3.58. The van der Waals surface area contributed by atoms with Gasteiger partial charge in [-0.05, 0) is 18.6 Å². The van der Waals surface area contributed by atoms with Crippen molar-refractivity contribution >= 4 is 6.08 Å². The summed E-state index contributed by atoms with van der Waals surface area (Å²) >= 11 is 0. The van der Waals surface area contributed by atoms with Crippen molar-refractivity contribution in [2.75, 3.05) is 6.61 Å². The zero-order valence-corrected chi connectivity index (χ0v) is 6.58. The Morgan fingerprint density at radius 1 is 1.73 bits per heavy atom. The van der Waals surface area contributed by atoms with Crippen molar-refractivity contribution in [3.8, 4) is 5.88 Å². The lowest BCUT2D eigenvalue weighted by Gasteiger charge is -2.00. The molecule has 0 aromatic carbocycles. The summed E-state index contributed by atoms with van der Waals surface area (Å²) in [5, 5.41) is 0. The van der Waals surface area contributed by atoms with Gasteiger partial charge in [0.1, 0.15) is 0 Å². The molecule has 11 heavy (non-hydrogen) atoms. The van der Waals surface area contributed by atoms with Gasteiger partial charge in [-0.2, -0.15) is 0 Å². The summed E-state index contributed by atoms with van der Waals surface area (Å²) in [4.78, 5) is 4.01. The summed E-state index contributed by atoms with van der Waals surface area (Å²) in [5.41, 5.74) is 1.03. The molecule has 2 nitrogen and oxygen atoms in total. The average molecular weight is 149 g/mol. The second kappa shape index (κ2) is 3.76. The Morgan fingerprint density at radius 2 is 2.55 bits per heavy atom. The summed E-state index contributed by atoms with van der Waals surface area (Å²) in [6.07, 6.45) is 3.48. The van der Waals surface area contributed by atoms with E-state index in [1.807, 2.05) is 19.1 Å². The maximum atomic E-state index is 5.19. The van der Waals surface area contributed by atoms with Gasteiger partial charge in [-0.3, -0.25) is 0 Å². The first kappa shape index (κ1) is 7.79. The highest BCUT2D eigenvalue weighted by atomic mass is 16.5. The maximum absolute atomic E-state index is 5.19. The van der Waals surface area contributed by atoms with Crippen LogP contribution in [0.15, 0.2) is 24.9 Å². The molecule has 58 valence electrons. The molecule has 1 heterocycles. The SMILES string of the molecule is C=Cc1ccnc(OCC)c1. The number of hydrogen-bond donors (Lipinski definition) is 0. The van der Waals surface area contributed by atoms with Gasteiger partial charge >= 0.3 is 0 Å². The molecule has 1 aromatic rings. The zero-order valence-electron chi connectivity index (χ0n) is 6.58. The van der Waals surface area contributed by atoms with Crippen LogP contribution >= 0.6 is 0 Å². The highest BCUT2D eigenvalue weighted by Crippen LogP contribution is 2.09. The molecule has 0 saturated carbocycles. The highest BCUT2D eigenvalue weighted by Gasteiger charge is 1.92. The second-order valence-corrected chi connectivity index (χ2v) is 2.06. The van der Waals surface area contributed by atoms with E-state index in [1.165, 1.54) is 0 Å². The van der Waals surface area contributed by atoms with E-state index in [4.69, 9.17) is 4.74 Å². The smallest absolute Gasteiger partial charge is 0.213 e. The molecule has 0 amide bonds. The Balaban J connectivity index is 2.82. The summed E-state index contributed by atoms with van der Waals surface area (Å²) in [5.74, 6) is 0.657. The number of nitrogens with zero attached hydrogens (tertiary/aromatic N) is 1. The monoisotopic (exact) mass is 149 g/mol. The first-order chi connectivity index (χ1) is 5.36. The molecule has 0 saturated heterocycles. The molecule has 0 fully saturated rings. The molecule has 1 aromatic heterocycles. The normalized spacial score (nSPS) is 9.18. The number of ether oxygens (including phenoxy) is 1. The van der Waals surface area contributed by atoms with Crippen LogP contribution in [0.5, 0.6) is 5.88 Å². The third-order valence-electron chi connectivity index (χ3n) is 1.29. The van der Waals surface area contributed by atoms with Gasteiger partial charge in [0.25, 0.3) is 0 Å². The Bertz CT molecular complexity index is 245. The molecule has 0 bridgehead atoms. The van der Waals surface area contributed by atoms with Gasteiger partial charge in [-0.15, -0.1) is 0 Å². The van der Waals surface area contributed by atoms with Crippen LogP contribution in [0.25, 0.3) is 6.08 Å². The lowest BCUT2D eigenvalue weighted by molar-refractivity contribution is 0.327. The largest absolute Gasteiger partial charge is 0.478 e. The molecular formula is C9H11NO. The second-order valence-electron chi connectivity index (χ2n) is 2.06. The van der Waals surface area contributed by atoms with E-state index in [1.54, 1.807) is 12.3 Å². The minimum atomic E-state index is 0.646. The van der Waals surface area contributed by atoms with Crippen LogP contribution in [0.1, 0.15) is 12.5 Å². The predicted molar refractivity (Wildman–Crippen MR) is 45.5 cm³/mol. The minimum absolute atomic E-state index is 0.646. The van der Waals surface area contributed by atoms with Crippen LogP contribution in [-0.2, 0) is 0 Å². The van der Waals surface area contributed by atoms with Gasteiger partial charge in [-0.1, -0.05) is 12.7 Å². The van der Waals surface area contributed by atoms with Crippen molar-refractivity contribution in [3.63, 3.8) is 0 Å². The molecule has 0 N–H and O–H groups in total. The number of aromatic nitrogens is 1. The Hall–Kier alpha value is -1.31. The predicted octanol–water partition coefficient (Wildman–Crippen LogP) is 2.12. The molecule has 0 spiro atoms. The van der Waals surface area contributed by atoms with Crippen molar-refractivity contribution in [3.05, 3.63) is 30.5 Å². The molecule has 0 aliphatic heterocycles. The van der Waals surface area contributed by atoms with Crippen LogP contribution in [0.3, 0.4) is 0 Å². The zero-order chi connectivity index (χ0) is 8.10. The van der Waals surface area contributed by atoms with E-state index >= 15 is 0 Å². The summed E-state index contributed by atoms with van der Waals surface area (Å²) < 4.78 is 5.19. The molecule has 0 atom stereocenters. The van der Waals surface area contributed by atoms with Gasteiger partial charge in [-0.25, -0.2) is 4.98 Å². The van der Waals surface area contributed by atoms with Gasteiger partial charge in [0.15, 0.2) is 0 Å². The summed E-state index contributed by atoms with van der Waals surface area (Å²) in [6.45, 7) is 6.23. The fourth-order valence-electron chi connectivity index (χ4n) is 0.779. The molecule has 0 unspecified atom stereocenters. The van der Waals surface area contributed by atoms with Gasteiger partial charge in [0, 0.05) is 12.3 Å². The Morgan fingerprint density at radius 3 is 3.18 bits per heavy atom. The van der Waals surface area contributed by atoms with E-state index in [0.29, 0.717) is 12.5 Å². The van der Waals surface area contributed by atoms with Crippen molar-refractivity contribution < 1.29 is 4.74 Å². The molecular weight excluding hydrogens is 138 g/mol. The first-order valence-corrected chi connectivity index (χ1v) is 3.58. The van der Waals surface area contributed by atoms with E-state index in [-0.39, 0.29) is 0 Å². The highest BCUT2D eigenvalue weighted by molar-refractivity contribution is 5.47. The van der Waals surface area contributed by atoms with Gasteiger partial charge in [0.2, 0.25) is 5.88 Å². The third kappa shape index (κ3) is 2.08. The van der Waals surface area contributed by atoms with E-state index in [0.717, 1.165) is 5.56 Å². The Labute approximate surface area is 66.5 Å². The lowest BCUT2D eigenvalue weighted by Crippen LogP contribution is -1.93. The summed E-state index contributed by atoms with van der Waals surface area (Å²) in [6, 6.07) is 3.74. The van der Waals surface area contributed by atoms with E-state index in [9.17, 15) is 0 Å². The topological polar surface area (TPSA) is 22.1 Å². The summed E-state index contributed by atoms with van der Waals surface area (Å²) in [7, 11) is 0. The van der Waals surface area contributed by atoms with Crippen molar-refractivity contribution in [2.45, 2.75) is 6.92 Å². The molecule has 0 aliphatic rings. The van der Waals surface area contributed by atoms with Crippen LogP contribution in [-0.4, -0.2) is 11.6 Å². The fourth-order valence-corrected chi connectivity index (χ4v) is 0.779.